The Morgan fingerprint density at radius 1 is 1.42 bits per heavy atom. The topological polar surface area (TPSA) is 21.3 Å². The van der Waals surface area contributed by atoms with E-state index in [9.17, 15) is 0 Å². The van der Waals surface area contributed by atoms with Gasteiger partial charge in [0, 0.05) is 34.9 Å². The summed E-state index contributed by atoms with van der Waals surface area (Å²) < 4.78 is 6.84. The summed E-state index contributed by atoms with van der Waals surface area (Å²) in [6.07, 6.45) is 2.05. The molecule has 0 saturated carbocycles. The summed E-state index contributed by atoms with van der Waals surface area (Å²) in [5, 5.41) is 3.63. The van der Waals surface area contributed by atoms with Crippen molar-refractivity contribution in [2.45, 2.75) is 38.6 Å². The Morgan fingerprint density at radius 3 is 2.95 bits per heavy atom. The Bertz CT molecular complexity index is 436. The third kappa shape index (κ3) is 4.37. The highest BCUT2D eigenvalue weighted by molar-refractivity contribution is 9.10. The lowest BCUT2D eigenvalue weighted by molar-refractivity contribution is 0.352. The molecular formula is C15H21BrClNO. The predicted octanol–water partition coefficient (Wildman–Crippen LogP) is 4.13. The highest BCUT2D eigenvalue weighted by Gasteiger charge is 2.17. The van der Waals surface area contributed by atoms with Crippen LogP contribution in [0.2, 0.25) is 0 Å². The van der Waals surface area contributed by atoms with E-state index in [0.717, 1.165) is 42.8 Å². The van der Waals surface area contributed by atoms with Crippen molar-refractivity contribution in [2.75, 3.05) is 13.2 Å². The molecule has 0 spiro atoms. The molecule has 1 heterocycles. The maximum atomic E-state index is 6.29. The van der Waals surface area contributed by atoms with Crippen LogP contribution in [0.25, 0.3) is 0 Å². The number of hydrogen-bond acceptors (Lipinski definition) is 2. The molecule has 1 aliphatic rings. The van der Waals surface area contributed by atoms with Gasteiger partial charge in [0.2, 0.25) is 0 Å². The molecule has 2 nitrogen and oxygen atoms in total. The molecule has 1 N–H and O–H groups in total. The fraction of sp³-hybridized carbons (Fsp3) is 0.600. The Morgan fingerprint density at radius 2 is 2.21 bits per heavy atom. The van der Waals surface area contributed by atoms with Crippen molar-refractivity contribution in [3.8, 4) is 5.75 Å². The van der Waals surface area contributed by atoms with Gasteiger partial charge < -0.3 is 10.1 Å². The Balaban J connectivity index is 1.90. The van der Waals surface area contributed by atoms with E-state index in [1.165, 1.54) is 11.1 Å². The summed E-state index contributed by atoms with van der Waals surface area (Å²) in [6.45, 7) is 6.84. The summed E-state index contributed by atoms with van der Waals surface area (Å²) in [7, 11) is 0. The number of hydrogen-bond donors (Lipinski definition) is 1. The van der Waals surface area contributed by atoms with Gasteiger partial charge in [0.1, 0.15) is 5.75 Å². The normalized spacial score (nSPS) is 15.4. The van der Waals surface area contributed by atoms with Gasteiger partial charge in [-0.25, -0.2) is 0 Å². The van der Waals surface area contributed by atoms with E-state index in [-0.39, 0.29) is 5.38 Å². The maximum absolute atomic E-state index is 6.29. The minimum atomic E-state index is 0.195. The van der Waals surface area contributed by atoms with Crippen molar-refractivity contribution < 1.29 is 4.74 Å². The van der Waals surface area contributed by atoms with E-state index in [0.29, 0.717) is 5.92 Å². The van der Waals surface area contributed by atoms with Crippen molar-refractivity contribution in [1.29, 1.82) is 0 Å². The van der Waals surface area contributed by atoms with Crippen LogP contribution in [0, 0.1) is 5.92 Å². The highest BCUT2D eigenvalue weighted by Crippen LogP contribution is 2.32. The Kier molecular flexibility index (Phi) is 5.55. The van der Waals surface area contributed by atoms with Gasteiger partial charge in [0.15, 0.2) is 0 Å². The number of fused-ring (bicyclic) bond motifs is 1. The molecule has 106 valence electrons. The predicted molar refractivity (Wildman–Crippen MR) is 84.1 cm³/mol. The van der Waals surface area contributed by atoms with E-state index in [1.807, 2.05) is 0 Å². The SMILES string of the molecule is CC(C)CC(Cl)CNCc1cc(Br)cc2c1OCC2. The lowest BCUT2D eigenvalue weighted by atomic mass is 10.1. The molecule has 1 atom stereocenters. The first kappa shape index (κ1) is 15.1. The average Bonchev–Trinajstić information content (AvgIpc) is 2.75. The molecule has 1 aliphatic heterocycles. The summed E-state index contributed by atoms with van der Waals surface area (Å²) >= 11 is 9.85. The fourth-order valence-corrected chi connectivity index (χ4v) is 3.45. The highest BCUT2D eigenvalue weighted by atomic mass is 79.9. The molecule has 2 rings (SSSR count). The second-order valence-electron chi connectivity index (χ2n) is 5.51. The van der Waals surface area contributed by atoms with Crippen molar-refractivity contribution in [2.24, 2.45) is 5.92 Å². The molecule has 1 unspecified atom stereocenters. The van der Waals surface area contributed by atoms with Crippen LogP contribution in [0.3, 0.4) is 0 Å². The molecule has 1 aromatic rings. The number of alkyl halides is 1. The van der Waals surface area contributed by atoms with E-state index in [2.05, 4.69) is 47.2 Å². The zero-order valence-corrected chi connectivity index (χ0v) is 13.9. The Hall–Kier alpha value is -0.250. The van der Waals surface area contributed by atoms with Gasteiger partial charge in [0.25, 0.3) is 0 Å². The minimum absolute atomic E-state index is 0.195. The van der Waals surface area contributed by atoms with E-state index in [1.54, 1.807) is 0 Å². The largest absolute Gasteiger partial charge is 0.493 e. The number of ether oxygens (including phenoxy) is 1. The van der Waals surface area contributed by atoms with Gasteiger partial charge in [0.05, 0.1) is 6.61 Å². The third-order valence-corrected chi connectivity index (χ3v) is 4.02. The lowest BCUT2D eigenvalue weighted by Crippen LogP contribution is -2.24. The summed E-state index contributed by atoms with van der Waals surface area (Å²) in [6, 6.07) is 4.28. The van der Waals surface area contributed by atoms with Crippen LogP contribution in [0.4, 0.5) is 0 Å². The van der Waals surface area contributed by atoms with Crippen LogP contribution >= 0.6 is 27.5 Å². The molecule has 0 aromatic heterocycles. The van der Waals surface area contributed by atoms with Crippen LogP contribution in [0.1, 0.15) is 31.4 Å². The van der Waals surface area contributed by atoms with E-state index in [4.69, 9.17) is 16.3 Å². The molecule has 1 aromatic carbocycles. The fourth-order valence-electron chi connectivity index (χ4n) is 2.44. The van der Waals surface area contributed by atoms with Crippen LogP contribution < -0.4 is 10.1 Å². The molecular weight excluding hydrogens is 326 g/mol. The molecule has 0 bridgehead atoms. The molecule has 4 heteroatoms. The third-order valence-electron chi connectivity index (χ3n) is 3.23. The number of nitrogens with one attached hydrogen (secondary N) is 1. The van der Waals surface area contributed by atoms with Crippen molar-refractivity contribution in [3.05, 3.63) is 27.7 Å². The maximum Gasteiger partial charge on any atom is 0.127 e. The second kappa shape index (κ2) is 6.96. The zero-order chi connectivity index (χ0) is 13.8. The van der Waals surface area contributed by atoms with E-state index < -0.39 is 0 Å². The van der Waals surface area contributed by atoms with Crippen molar-refractivity contribution in [1.82, 2.24) is 5.32 Å². The summed E-state index contributed by atoms with van der Waals surface area (Å²) in [5.74, 6) is 1.70. The quantitative estimate of drug-likeness (QED) is 0.782. The van der Waals surface area contributed by atoms with Crippen LogP contribution in [0.15, 0.2) is 16.6 Å². The van der Waals surface area contributed by atoms with Gasteiger partial charge in [-0.3, -0.25) is 0 Å². The first-order valence-electron chi connectivity index (χ1n) is 6.85. The number of benzene rings is 1. The molecule has 0 fully saturated rings. The number of rotatable bonds is 6. The zero-order valence-electron chi connectivity index (χ0n) is 11.5. The van der Waals surface area contributed by atoms with Crippen molar-refractivity contribution >= 4 is 27.5 Å². The van der Waals surface area contributed by atoms with E-state index >= 15 is 0 Å². The van der Waals surface area contributed by atoms with Gasteiger partial charge in [-0.1, -0.05) is 29.8 Å². The molecule has 0 saturated heterocycles. The first-order valence-corrected chi connectivity index (χ1v) is 8.08. The molecule has 0 amide bonds. The Labute approximate surface area is 129 Å². The average molecular weight is 347 g/mol. The van der Waals surface area contributed by atoms with Gasteiger partial charge in [-0.15, -0.1) is 11.6 Å². The summed E-state index contributed by atoms with van der Waals surface area (Å²) in [5.41, 5.74) is 2.52. The molecule has 0 radical (unpaired) electrons. The van der Waals surface area contributed by atoms with Crippen LogP contribution in [-0.4, -0.2) is 18.5 Å². The second-order valence-corrected chi connectivity index (χ2v) is 7.04. The lowest BCUT2D eigenvalue weighted by Gasteiger charge is -2.14. The molecule has 0 aliphatic carbocycles. The molecule has 19 heavy (non-hydrogen) atoms. The standard InChI is InChI=1S/C15H21BrClNO/c1-10(2)5-14(17)9-18-8-12-7-13(16)6-11-3-4-19-15(11)12/h6-7,10,14,18H,3-5,8-9H2,1-2H3. The van der Waals surface area contributed by atoms with Gasteiger partial charge in [-0.05, 0) is 30.0 Å². The minimum Gasteiger partial charge on any atom is -0.493 e. The van der Waals surface area contributed by atoms with Crippen LogP contribution in [-0.2, 0) is 13.0 Å². The first-order chi connectivity index (χ1) is 9.06. The van der Waals surface area contributed by atoms with Crippen LogP contribution in [0.5, 0.6) is 5.75 Å². The van der Waals surface area contributed by atoms with Crippen molar-refractivity contribution in [3.63, 3.8) is 0 Å². The monoisotopic (exact) mass is 345 g/mol. The summed E-state index contributed by atoms with van der Waals surface area (Å²) in [4.78, 5) is 0. The van der Waals surface area contributed by atoms with Gasteiger partial charge >= 0.3 is 0 Å². The van der Waals surface area contributed by atoms with Gasteiger partial charge in [-0.2, -0.15) is 0 Å². The smallest absolute Gasteiger partial charge is 0.127 e. The number of halogens is 2.